The van der Waals surface area contributed by atoms with E-state index in [4.69, 9.17) is 15.3 Å². The van der Waals surface area contributed by atoms with Crippen LogP contribution in [0.2, 0.25) is 0 Å². The smallest absolute Gasteiger partial charge is 0.317 e. The van der Waals surface area contributed by atoms with E-state index in [0.29, 0.717) is 58.8 Å². The molecule has 0 bridgehead atoms. The third-order valence-electron chi connectivity index (χ3n) is 4.64. The Labute approximate surface area is 169 Å². The molecule has 0 amide bonds. The van der Waals surface area contributed by atoms with Crippen LogP contribution in [0.5, 0.6) is 0 Å². The van der Waals surface area contributed by atoms with E-state index in [-0.39, 0.29) is 26.2 Å². The molecule has 168 valence electrons. The number of aliphatic hydroxyl groups is 2. The van der Waals surface area contributed by atoms with Crippen molar-refractivity contribution >= 4 is 17.9 Å². The van der Waals surface area contributed by atoms with Crippen LogP contribution in [0.3, 0.4) is 0 Å². The van der Waals surface area contributed by atoms with Crippen LogP contribution in [-0.2, 0) is 14.4 Å². The minimum absolute atomic E-state index is 0.0348. The van der Waals surface area contributed by atoms with E-state index in [2.05, 4.69) is 0 Å². The average molecular weight is 420 g/mol. The molecular weight excluding hydrogens is 388 g/mol. The van der Waals surface area contributed by atoms with Crippen molar-refractivity contribution in [1.29, 1.82) is 0 Å². The quantitative estimate of drug-likeness (QED) is 0.256. The van der Waals surface area contributed by atoms with Crippen molar-refractivity contribution in [2.75, 3.05) is 78.5 Å². The molecule has 1 fully saturated rings. The maximum Gasteiger partial charge on any atom is 0.317 e. The first-order valence-electron chi connectivity index (χ1n) is 9.56. The Bertz CT molecular complexity index is 534. The number of nitrogens with zero attached hydrogens (tertiary/aromatic N) is 4. The Morgan fingerprint density at radius 2 is 0.897 bits per heavy atom. The van der Waals surface area contributed by atoms with Gasteiger partial charge in [-0.05, 0) is 6.42 Å². The van der Waals surface area contributed by atoms with E-state index < -0.39 is 24.2 Å². The van der Waals surface area contributed by atoms with Gasteiger partial charge in [0.25, 0.3) is 0 Å². The summed E-state index contributed by atoms with van der Waals surface area (Å²) < 4.78 is 0. The van der Waals surface area contributed by atoms with Gasteiger partial charge in [0.05, 0.1) is 19.6 Å². The van der Waals surface area contributed by atoms with Crippen molar-refractivity contribution in [2.45, 2.75) is 12.7 Å². The second kappa shape index (κ2) is 13.4. The van der Waals surface area contributed by atoms with Gasteiger partial charge in [0.2, 0.25) is 0 Å². The van der Waals surface area contributed by atoms with Gasteiger partial charge in [0.1, 0.15) is 0 Å². The molecule has 0 aromatic carbocycles. The van der Waals surface area contributed by atoms with Crippen LogP contribution in [0.25, 0.3) is 0 Å². The molecule has 29 heavy (non-hydrogen) atoms. The number of carboxylic acids is 3. The molecule has 1 aliphatic rings. The minimum Gasteiger partial charge on any atom is -0.480 e. The molecule has 0 spiro atoms. The van der Waals surface area contributed by atoms with Crippen LogP contribution in [0.4, 0.5) is 0 Å². The monoisotopic (exact) mass is 420 g/mol. The van der Waals surface area contributed by atoms with Gasteiger partial charge in [-0.3, -0.25) is 34.0 Å². The third-order valence-corrected chi connectivity index (χ3v) is 4.64. The van der Waals surface area contributed by atoms with E-state index in [1.807, 2.05) is 0 Å². The van der Waals surface area contributed by atoms with Gasteiger partial charge in [0.15, 0.2) is 6.29 Å². The van der Waals surface area contributed by atoms with Gasteiger partial charge in [-0.25, -0.2) is 0 Å². The molecular formula is C17H32N4O8. The van der Waals surface area contributed by atoms with E-state index in [1.54, 1.807) is 19.6 Å². The molecule has 1 heterocycles. The lowest BCUT2D eigenvalue weighted by molar-refractivity contribution is -0.140. The lowest BCUT2D eigenvalue weighted by Crippen LogP contribution is -2.45. The summed E-state index contributed by atoms with van der Waals surface area (Å²) in [6, 6.07) is 0. The largest absolute Gasteiger partial charge is 0.480 e. The first-order valence-corrected chi connectivity index (χ1v) is 9.56. The summed E-state index contributed by atoms with van der Waals surface area (Å²) >= 11 is 0. The second-order valence-electron chi connectivity index (χ2n) is 7.14. The summed E-state index contributed by atoms with van der Waals surface area (Å²) in [6.45, 7) is 2.52. The predicted molar refractivity (Wildman–Crippen MR) is 102 cm³/mol. The summed E-state index contributed by atoms with van der Waals surface area (Å²) in [5, 5.41) is 46.0. The Hall–Kier alpha value is -1.83. The normalized spacial score (nSPS) is 20.0. The van der Waals surface area contributed by atoms with Gasteiger partial charge in [-0.1, -0.05) is 0 Å². The summed E-state index contributed by atoms with van der Waals surface area (Å²) in [5.74, 6) is -2.96. The molecule has 0 unspecified atom stereocenters. The molecule has 0 aromatic heterocycles. The van der Waals surface area contributed by atoms with Crippen LogP contribution in [0, 0.1) is 0 Å². The Kier molecular flexibility index (Phi) is 11.7. The van der Waals surface area contributed by atoms with Gasteiger partial charge in [-0.2, -0.15) is 0 Å². The van der Waals surface area contributed by atoms with Crippen molar-refractivity contribution in [3.05, 3.63) is 0 Å². The molecule has 0 atom stereocenters. The number of aliphatic carboxylic acids is 3. The fourth-order valence-electron chi connectivity index (χ4n) is 3.28. The van der Waals surface area contributed by atoms with Crippen molar-refractivity contribution < 1.29 is 39.9 Å². The highest BCUT2D eigenvalue weighted by atomic mass is 16.5. The van der Waals surface area contributed by atoms with E-state index in [1.165, 1.54) is 0 Å². The van der Waals surface area contributed by atoms with Crippen molar-refractivity contribution in [3.8, 4) is 0 Å². The number of aliphatic hydroxyl groups excluding tert-OH is 1. The van der Waals surface area contributed by atoms with Gasteiger partial charge < -0.3 is 25.5 Å². The number of β-amino-alcohol motifs (C(OH)–C–C–N with tert-alkyl or cyclic N) is 2. The fraction of sp³-hybridized carbons (Fsp3) is 0.824. The zero-order valence-electron chi connectivity index (χ0n) is 16.5. The second-order valence-corrected chi connectivity index (χ2v) is 7.14. The standard InChI is InChI=1S/C17H32N4O8/c22-14(23)10-18-2-1-3-19(11-15(24)25)5-7-21(13-17(28)29)9-8-20(6-4-18)12-16(26)27/h16,26-27H,1-13H2,(H,22,23)(H,24,25)(H,28,29). The topological polar surface area (TPSA) is 165 Å². The van der Waals surface area contributed by atoms with Crippen molar-refractivity contribution in [1.82, 2.24) is 19.6 Å². The van der Waals surface area contributed by atoms with E-state index >= 15 is 0 Å². The predicted octanol–water partition coefficient (Wildman–Crippen LogP) is -2.84. The van der Waals surface area contributed by atoms with Crippen LogP contribution < -0.4 is 0 Å². The van der Waals surface area contributed by atoms with E-state index in [9.17, 15) is 24.6 Å². The number of hydrogen-bond acceptors (Lipinski definition) is 9. The lowest BCUT2D eigenvalue weighted by Gasteiger charge is -2.29. The van der Waals surface area contributed by atoms with Crippen molar-refractivity contribution in [3.63, 3.8) is 0 Å². The first kappa shape index (κ1) is 25.2. The zero-order valence-corrected chi connectivity index (χ0v) is 16.5. The highest BCUT2D eigenvalue weighted by Gasteiger charge is 2.19. The molecule has 0 aromatic rings. The summed E-state index contributed by atoms with van der Waals surface area (Å²) in [7, 11) is 0. The Balaban J connectivity index is 2.90. The number of hydrogen-bond donors (Lipinski definition) is 5. The highest BCUT2D eigenvalue weighted by Crippen LogP contribution is 2.03. The van der Waals surface area contributed by atoms with E-state index in [0.717, 1.165) is 0 Å². The van der Waals surface area contributed by atoms with Crippen molar-refractivity contribution in [2.24, 2.45) is 0 Å². The lowest BCUT2D eigenvalue weighted by atomic mass is 10.3. The summed E-state index contributed by atoms with van der Waals surface area (Å²) in [5.41, 5.74) is 0. The molecule has 0 aliphatic carbocycles. The molecule has 1 rings (SSSR count). The maximum absolute atomic E-state index is 11.2. The number of carboxylic acid groups (broad SMARTS) is 3. The van der Waals surface area contributed by atoms with Gasteiger partial charge >= 0.3 is 17.9 Å². The SMILES string of the molecule is O=C(O)CN1CCCN(CC(=O)O)CCN(CC(O)O)CCN(CC(=O)O)CC1. The van der Waals surface area contributed by atoms with Crippen LogP contribution in [0.1, 0.15) is 6.42 Å². The number of carbonyl (C=O) groups is 3. The molecule has 1 aliphatic heterocycles. The summed E-state index contributed by atoms with van der Waals surface area (Å²) in [4.78, 5) is 40.3. The van der Waals surface area contributed by atoms with Crippen LogP contribution in [-0.4, -0.2) is 148 Å². The van der Waals surface area contributed by atoms with Crippen LogP contribution >= 0.6 is 0 Å². The minimum atomic E-state index is -1.56. The molecule has 5 N–H and O–H groups in total. The molecule has 0 radical (unpaired) electrons. The van der Waals surface area contributed by atoms with Gasteiger partial charge in [0, 0.05) is 58.9 Å². The average Bonchev–Trinajstić information content (AvgIpc) is 2.59. The summed E-state index contributed by atoms with van der Waals surface area (Å²) in [6.07, 6.45) is -1.00. The third kappa shape index (κ3) is 12.4. The number of rotatable bonds is 8. The fourth-order valence-corrected chi connectivity index (χ4v) is 3.28. The Morgan fingerprint density at radius 1 is 0.586 bits per heavy atom. The zero-order chi connectivity index (χ0) is 21.8. The Morgan fingerprint density at radius 3 is 1.21 bits per heavy atom. The van der Waals surface area contributed by atoms with Crippen LogP contribution in [0.15, 0.2) is 0 Å². The highest BCUT2D eigenvalue weighted by molar-refractivity contribution is 5.69. The van der Waals surface area contributed by atoms with Gasteiger partial charge in [-0.15, -0.1) is 0 Å². The maximum atomic E-state index is 11.2. The first-order chi connectivity index (χ1) is 13.7. The molecule has 12 heteroatoms. The molecule has 1 saturated heterocycles. The molecule has 0 saturated carbocycles. The molecule has 12 nitrogen and oxygen atoms in total.